The van der Waals surface area contributed by atoms with Gasteiger partial charge in [-0.15, -0.1) is 0 Å². The van der Waals surface area contributed by atoms with Crippen molar-refractivity contribution in [1.82, 2.24) is 4.98 Å². The Bertz CT molecular complexity index is 1070. The number of nitrogens with zero attached hydrogens (tertiary/aromatic N) is 1. The number of carbonyl (C=O) groups excluding carboxylic acids is 2. The molecule has 0 aliphatic heterocycles. The van der Waals surface area contributed by atoms with Crippen molar-refractivity contribution in [2.75, 3.05) is 31.5 Å². The standard InChI is InChI=1S/C22H20FN3O5/c1-29-15-10-14(11-16(12-15)30-2)25-20(27)13-31-22(28)17-6-5-9-24-21(17)26-19-8-4-3-7-18(19)23/h3-12H,13H2,1-2H3,(H,24,26)(H,25,27). The first-order valence-corrected chi connectivity index (χ1v) is 9.16. The first-order valence-electron chi connectivity index (χ1n) is 9.16. The maximum Gasteiger partial charge on any atom is 0.342 e. The Hall–Kier alpha value is -4.14. The third kappa shape index (κ3) is 5.69. The summed E-state index contributed by atoms with van der Waals surface area (Å²) >= 11 is 0. The summed E-state index contributed by atoms with van der Waals surface area (Å²) in [6.45, 7) is -0.535. The van der Waals surface area contributed by atoms with E-state index >= 15 is 0 Å². The van der Waals surface area contributed by atoms with Crippen molar-refractivity contribution in [1.29, 1.82) is 0 Å². The average Bonchev–Trinajstić information content (AvgIpc) is 2.79. The lowest BCUT2D eigenvalue weighted by molar-refractivity contribution is -0.119. The number of benzene rings is 2. The van der Waals surface area contributed by atoms with Crippen molar-refractivity contribution in [3.63, 3.8) is 0 Å². The van der Waals surface area contributed by atoms with E-state index in [4.69, 9.17) is 14.2 Å². The molecule has 1 amide bonds. The van der Waals surface area contributed by atoms with E-state index in [0.29, 0.717) is 17.2 Å². The molecule has 1 aromatic heterocycles. The van der Waals surface area contributed by atoms with Crippen LogP contribution in [0, 0.1) is 5.82 Å². The number of pyridine rings is 1. The normalized spacial score (nSPS) is 10.2. The van der Waals surface area contributed by atoms with Crippen LogP contribution in [0.3, 0.4) is 0 Å². The Balaban J connectivity index is 1.65. The molecule has 9 heteroatoms. The Labute approximate surface area is 178 Å². The van der Waals surface area contributed by atoms with Gasteiger partial charge in [-0.2, -0.15) is 0 Å². The minimum absolute atomic E-state index is 0.0570. The second kappa shape index (κ2) is 10.1. The third-order valence-electron chi connectivity index (χ3n) is 4.12. The van der Waals surface area contributed by atoms with Crippen LogP contribution in [0.4, 0.5) is 21.6 Å². The number of hydrogen-bond donors (Lipinski definition) is 2. The van der Waals surface area contributed by atoms with Gasteiger partial charge in [0, 0.05) is 30.1 Å². The van der Waals surface area contributed by atoms with Crippen LogP contribution >= 0.6 is 0 Å². The van der Waals surface area contributed by atoms with Gasteiger partial charge in [0.2, 0.25) is 0 Å². The maximum atomic E-state index is 13.9. The van der Waals surface area contributed by atoms with Gasteiger partial charge in [0.1, 0.15) is 28.7 Å². The van der Waals surface area contributed by atoms with Crippen LogP contribution in [-0.4, -0.2) is 37.7 Å². The molecule has 31 heavy (non-hydrogen) atoms. The summed E-state index contributed by atoms with van der Waals surface area (Å²) in [5, 5.41) is 5.36. The van der Waals surface area contributed by atoms with Crippen molar-refractivity contribution < 1.29 is 28.2 Å². The Kier molecular flexibility index (Phi) is 7.00. The van der Waals surface area contributed by atoms with Crippen molar-refractivity contribution in [3.8, 4) is 11.5 Å². The fourth-order valence-corrected chi connectivity index (χ4v) is 2.65. The number of para-hydroxylation sites is 1. The molecule has 8 nitrogen and oxygen atoms in total. The smallest absolute Gasteiger partial charge is 0.342 e. The number of anilines is 3. The zero-order valence-corrected chi connectivity index (χ0v) is 16.8. The lowest BCUT2D eigenvalue weighted by Crippen LogP contribution is -2.21. The van der Waals surface area contributed by atoms with Crippen LogP contribution < -0.4 is 20.1 Å². The van der Waals surface area contributed by atoms with E-state index < -0.39 is 24.3 Å². The summed E-state index contributed by atoms with van der Waals surface area (Å²) in [4.78, 5) is 28.8. The van der Waals surface area contributed by atoms with Crippen LogP contribution in [0.1, 0.15) is 10.4 Å². The number of esters is 1. The van der Waals surface area contributed by atoms with Gasteiger partial charge in [-0.05, 0) is 24.3 Å². The molecule has 0 fully saturated rings. The zero-order valence-electron chi connectivity index (χ0n) is 16.8. The predicted octanol–water partition coefficient (Wildman–Crippen LogP) is 3.78. The fraction of sp³-hybridized carbons (Fsp3) is 0.136. The quantitative estimate of drug-likeness (QED) is 0.530. The van der Waals surface area contributed by atoms with Crippen LogP contribution in [-0.2, 0) is 9.53 Å². The molecule has 0 aliphatic rings. The van der Waals surface area contributed by atoms with E-state index in [0.717, 1.165) is 0 Å². The van der Waals surface area contributed by atoms with E-state index in [2.05, 4.69) is 15.6 Å². The average molecular weight is 425 g/mol. The summed E-state index contributed by atoms with van der Waals surface area (Å²) in [6.07, 6.45) is 1.45. The molecule has 0 atom stereocenters. The Morgan fingerprint density at radius 1 is 1.00 bits per heavy atom. The number of hydrogen-bond acceptors (Lipinski definition) is 7. The summed E-state index contributed by atoms with van der Waals surface area (Å²) in [5.74, 6) is -0.755. The van der Waals surface area contributed by atoms with E-state index in [1.165, 1.54) is 44.7 Å². The van der Waals surface area contributed by atoms with Gasteiger partial charge in [0.05, 0.1) is 19.9 Å². The number of halogens is 1. The first kappa shape index (κ1) is 21.6. The van der Waals surface area contributed by atoms with E-state index in [1.54, 1.807) is 30.3 Å². The molecule has 0 spiro atoms. The summed E-state index contributed by atoms with van der Waals surface area (Å²) in [6, 6.07) is 13.8. The zero-order chi connectivity index (χ0) is 22.2. The molecule has 0 aliphatic carbocycles. The Morgan fingerprint density at radius 2 is 1.71 bits per heavy atom. The van der Waals surface area contributed by atoms with Gasteiger partial charge in [-0.1, -0.05) is 12.1 Å². The lowest BCUT2D eigenvalue weighted by Gasteiger charge is -2.12. The number of rotatable bonds is 8. The van der Waals surface area contributed by atoms with E-state index in [1.807, 2.05) is 0 Å². The molecule has 0 unspecified atom stereocenters. The molecule has 3 rings (SSSR count). The molecule has 0 bridgehead atoms. The highest BCUT2D eigenvalue weighted by molar-refractivity contribution is 5.98. The van der Waals surface area contributed by atoms with Gasteiger partial charge < -0.3 is 24.8 Å². The number of amides is 1. The van der Waals surface area contributed by atoms with Crippen molar-refractivity contribution in [2.45, 2.75) is 0 Å². The highest BCUT2D eigenvalue weighted by Gasteiger charge is 2.17. The molecular weight excluding hydrogens is 405 g/mol. The number of ether oxygens (including phenoxy) is 3. The summed E-state index contributed by atoms with van der Waals surface area (Å²) < 4.78 is 29.3. The van der Waals surface area contributed by atoms with Crippen LogP contribution in [0.5, 0.6) is 11.5 Å². The highest BCUT2D eigenvalue weighted by Crippen LogP contribution is 2.26. The minimum Gasteiger partial charge on any atom is -0.497 e. The van der Waals surface area contributed by atoms with E-state index in [9.17, 15) is 14.0 Å². The van der Waals surface area contributed by atoms with Gasteiger partial charge in [0.25, 0.3) is 5.91 Å². The molecule has 0 saturated heterocycles. The van der Waals surface area contributed by atoms with Gasteiger partial charge >= 0.3 is 5.97 Å². The fourth-order valence-electron chi connectivity index (χ4n) is 2.65. The number of aromatic nitrogens is 1. The van der Waals surface area contributed by atoms with Crippen LogP contribution in [0.2, 0.25) is 0 Å². The molecule has 0 saturated carbocycles. The predicted molar refractivity (Wildman–Crippen MR) is 112 cm³/mol. The van der Waals surface area contributed by atoms with Crippen LogP contribution in [0.15, 0.2) is 60.8 Å². The molecule has 3 aromatic rings. The first-order chi connectivity index (χ1) is 15.0. The SMILES string of the molecule is COc1cc(NC(=O)COC(=O)c2cccnc2Nc2ccccc2F)cc(OC)c1. The van der Waals surface area contributed by atoms with Crippen molar-refractivity contribution in [3.05, 3.63) is 72.2 Å². The lowest BCUT2D eigenvalue weighted by atomic mass is 10.2. The minimum atomic E-state index is -0.787. The molecule has 160 valence electrons. The maximum absolute atomic E-state index is 13.9. The summed E-state index contributed by atoms with van der Waals surface area (Å²) in [5.41, 5.74) is 0.627. The second-order valence-electron chi connectivity index (χ2n) is 6.23. The molecule has 1 heterocycles. The topological polar surface area (TPSA) is 98.8 Å². The monoisotopic (exact) mass is 425 g/mol. The largest absolute Gasteiger partial charge is 0.497 e. The van der Waals surface area contributed by atoms with Crippen LogP contribution in [0.25, 0.3) is 0 Å². The summed E-state index contributed by atoms with van der Waals surface area (Å²) in [7, 11) is 2.98. The Morgan fingerprint density at radius 3 is 2.39 bits per heavy atom. The molecule has 2 aromatic carbocycles. The number of nitrogens with one attached hydrogen (secondary N) is 2. The molecule has 2 N–H and O–H groups in total. The van der Waals surface area contributed by atoms with Crippen molar-refractivity contribution >= 4 is 29.1 Å². The van der Waals surface area contributed by atoms with E-state index in [-0.39, 0.29) is 17.1 Å². The van der Waals surface area contributed by atoms with Gasteiger partial charge in [0.15, 0.2) is 6.61 Å². The molecular formula is C22H20FN3O5. The highest BCUT2D eigenvalue weighted by atomic mass is 19.1. The molecule has 0 radical (unpaired) electrons. The second-order valence-corrected chi connectivity index (χ2v) is 6.23. The number of methoxy groups -OCH3 is 2. The van der Waals surface area contributed by atoms with Gasteiger partial charge in [-0.3, -0.25) is 4.79 Å². The number of carbonyl (C=O) groups is 2. The van der Waals surface area contributed by atoms with Crippen molar-refractivity contribution in [2.24, 2.45) is 0 Å². The van der Waals surface area contributed by atoms with Gasteiger partial charge in [-0.25, -0.2) is 14.2 Å². The third-order valence-corrected chi connectivity index (χ3v) is 4.12.